The van der Waals surface area contributed by atoms with Crippen LogP contribution in [-0.2, 0) is 0 Å². The molecule has 0 aliphatic rings. The van der Waals surface area contributed by atoms with E-state index in [1.807, 2.05) is 18.3 Å². The normalized spacial score (nSPS) is 11.1. The van der Waals surface area contributed by atoms with Crippen molar-refractivity contribution in [3.63, 3.8) is 0 Å². The van der Waals surface area contributed by atoms with Gasteiger partial charge in [-0.15, -0.1) is 0 Å². The first-order valence-corrected chi connectivity index (χ1v) is 4.72. The summed E-state index contributed by atoms with van der Waals surface area (Å²) in [5.41, 5.74) is 3.25. The van der Waals surface area contributed by atoms with Gasteiger partial charge in [0.25, 0.3) is 0 Å². The molecule has 0 radical (unpaired) electrons. The van der Waals surface area contributed by atoms with E-state index in [4.69, 9.17) is 0 Å². The van der Waals surface area contributed by atoms with Crippen molar-refractivity contribution < 1.29 is 0 Å². The quantitative estimate of drug-likeness (QED) is 0.651. The molecule has 0 heterocycles. The lowest BCUT2D eigenvalue weighted by atomic mass is 9.96. The van der Waals surface area contributed by atoms with Gasteiger partial charge < -0.3 is 0 Å². The predicted octanol–water partition coefficient (Wildman–Crippen LogP) is 3.19. The van der Waals surface area contributed by atoms with E-state index >= 15 is 0 Å². The zero-order valence-corrected chi connectivity index (χ0v) is 8.99. The van der Waals surface area contributed by atoms with Gasteiger partial charge in [0.1, 0.15) is 0 Å². The molecule has 0 aliphatic carbocycles. The van der Waals surface area contributed by atoms with Crippen molar-refractivity contribution in [3.05, 3.63) is 29.3 Å². The molecular weight excluding hydrogens is 172 g/mol. The van der Waals surface area contributed by atoms with Gasteiger partial charge in [0.05, 0.1) is 5.69 Å². The monoisotopic (exact) mass is 188 g/mol. The van der Waals surface area contributed by atoms with E-state index in [-0.39, 0.29) is 0 Å². The molecule has 0 atom stereocenters. The van der Waals surface area contributed by atoms with Gasteiger partial charge in [-0.1, -0.05) is 26.0 Å². The highest BCUT2D eigenvalue weighted by atomic mass is 14.7. The Hall–Kier alpha value is -1.44. The lowest BCUT2D eigenvalue weighted by molar-refractivity contribution is 0.865. The molecule has 0 fully saturated rings. The lowest BCUT2D eigenvalue weighted by Crippen LogP contribution is -1.95. The summed E-state index contributed by atoms with van der Waals surface area (Å²) in [4.78, 5) is 8.04. The van der Waals surface area contributed by atoms with E-state index in [0.717, 1.165) is 11.3 Å². The predicted molar refractivity (Wildman–Crippen MR) is 63.3 cm³/mol. The highest BCUT2D eigenvalue weighted by Gasteiger charge is 2.07. The van der Waals surface area contributed by atoms with Crippen LogP contribution in [-0.4, -0.2) is 20.0 Å². The molecule has 0 spiro atoms. The molecule has 0 aromatic heterocycles. The number of nitrogens with zero attached hydrogens (tertiary/aromatic N) is 2. The fourth-order valence-corrected chi connectivity index (χ4v) is 1.48. The molecule has 14 heavy (non-hydrogen) atoms. The molecule has 1 aromatic rings. The number of hydrogen-bond acceptors (Lipinski definition) is 2. The highest BCUT2D eigenvalue weighted by Crippen LogP contribution is 2.26. The van der Waals surface area contributed by atoms with Crippen LogP contribution in [0, 0.1) is 0 Å². The van der Waals surface area contributed by atoms with Crippen molar-refractivity contribution in [1.29, 1.82) is 0 Å². The molecule has 1 aromatic carbocycles. The summed E-state index contributed by atoms with van der Waals surface area (Å²) < 4.78 is 0. The minimum absolute atomic E-state index is 0.477. The Morgan fingerprint density at radius 3 is 2.57 bits per heavy atom. The van der Waals surface area contributed by atoms with Crippen LogP contribution < -0.4 is 0 Å². The molecule has 0 aliphatic heterocycles. The largest absolute Gasteiger partial charge is 0.296 e. The average Bonchev–Trinajstić information content (AvgIpc) is 2.18. The number of aliphatic imine (C=N–C) groups is 2. The molecule has 0 N–H and O–H groups in total. The number of rotatable bonds is 3. The second-order valence-corrected chi connectivity index (χ2v) is 3.48. The Balaban J connectivity index is 3.34. The number of benzene rings is 1. The van der Waals surface area contributed by atoms with Gasteiger partial charge in [-0.2, -0.15) is 0 Å². The van der Waals surface area contributed by atoms with Crippen molar-refractivity contribution >= 4 is 18.6 Å². The second kappa shape index (κ2) is 4.70. The van der Waals surface area contributed by atoms with Gasteiger partial charge in [0.15, 0.2) is 0 Å². The first-order chi connectivity index (χ1) is 6.70. The maximum atomic E-state index is 4.04. The summed E-state index contributed by atoms with van der Waals surface area (Å²) in [6.07, 6.45) is 1.85. The van der Waals surface area contributed by atoms with Gasteiger partial charge in [-0.3, -0.25) is 9.98 Å². The first kappa shape index (κ1) is 10.6. The Kier molecular flexibility index (Phi) is 3.57. The van der Waals surface area contributed by atoms with E-state index in [0.29, 0.717) is 5.92 Å². The second-order valence-electron chi connectivity index (χ2n) is 3.48. The zero-order chi connectivity index (χ0) is 10.6. The molecule has 74 valence electrons. The van der Waals surface area contributed by atoms with Crippen molar-refractivity contribution in [2.75, 3.05) is 7.05 Å². The van der Waals surface area contributed by atoms with Crippen LogP contribution in [0.5, 0.6) is 0 Å². The van der Waals surface area contributed by atoms with Crippen LogP contribution in [0.2, 0.25) is 0 Å². The third-order valence-corrected chi connectivity index (χ3v) is 2.17. The van der Waals surface area contributed by atoms with Crippen LogP contribution in [0.25, 0.3) is 0 Å². The maximum absolute atomic E-state index is 4.04. The van der Waals surface area contributed by atoms with Gasteiger partial charge in [-0.05, 0) is 24.3 Å². The molecule has 2 heteroatoms. The summed E-state index contributed by atoms with van der Waals surface area (Å²) >= 11 is 0. The summed E-state index contributed by atoms with van der Waals surface area (Å²) in [5.74, 6) is 0.477. The molecular formula is C12H16N2. The molecule has 0 saturated carbocycles. The van der Waals surface area contributed by atoms with Gasteiger partial charge in [0.2, 0.25) is 0 Å². The fourth-order valence-electron chi connectivity index (χ4n) is 1.48. The van der Waals surface area contributed by atoms with Crippen molar-refractivity contribution in [2.24, 2.45) is 9.98 Å². The van der Waals surface area contributed by atoms with E-state index in [2.05, 4.69) is 36.6 Å². The summed E-state index contributed by atoms with van der Waals surface area (Å²) in [6.45, 7) is 7.89. The molecule has 2 nitrogen and oxygen atoms in total. The Morgan fingerprint density at radius 1 is 1.36 bits per heavy atom. The van der Waals surface area contributed by atoms with E-state index in [1.54, 1.807) is 7.05 Å². The molecule has 0 amide bonds. The van der Waals surface area contributed by atoms with Crippen LogP contribution >= 0.6 is 0 Å². The third-order valence-electron chi connectivity index (χ3n) is 2.17. The Morgan fingerprint density at radius 2 is 2.07 bits per heavy atom. The minimum atomic E-state index is 0.477. The van der Waals surface area contributed by atoms with Crippen molar-refractivity contribution in [2.45, 2.75) is 19.8 Å². The van der Waals surface area contributed by atoms with Crippen LogP contribution in [0.4, 0.5) is 5.69 Å². The fraction of sp³-hybridized carbons (Fsp3) is 0.333. The average molecular weight is 188 g/mol. The van der Waals surface area contributed by atoms with E-state index < -0.39 is 0 Å². The van der Waals surface area contributed by atoms with Gasteiger partial charge in [0, 0.05) is 18.8 Å². The van der Waals surface area contributed by atoms with Crippen molar-refractivity contribution in [1.82, 2.24) is 0 Å². The van der Waals surface area contributed by atoms with Gasteiger partial charge >= 0.3 is 0 Å². The van der Waals surface area contributed by atoms with Crippen LogP contribution in [0.15, 0.2) is 28.2 Å². The standard InChI is InChI=1S/C12H16N2/c1-9(2)10-6-5-7-12(14-4)11(10)8-13-3/h5-9H,4H2,1-3H3. The van der Waals surface area contributed by atoms with E-state index in [1.165, 1.54) is 5.56 Å². The van der Waals surface area contributed by atoms with Gasteiger partial charge in [-0.25, -0.2) is 0 Å². The molecule has 0 saturated heterocycles. The summed E-state index contributed by atoms with van der Waals surface area (Å²) in [7, 11) is 1.77. The van der Waals surface area contributed by atoms with Crippen LogP contribution in [0.3, 0.4) is 0 Å². The molecule has 1 rings (SSSR count). The SMILES string of the molecule is C=Nc1cccc(C(C)C)c1C=NC. The smallest absolute Gasteiger partial charge is 0.0712 e. The minimum Gasteiger partial charge on any atom is -0.296 e. The topological polar surface area (TPSA) is 24.7 Å². The van der Waals surface area contributed by atoms with Crippen molar-refractivity contribution in [3.8, 4) is 0 Å². The lowest BCUT2D eigenvalue weighted by Gasteiger charge is -2.11. The number of hydrogen-bond donors (Lipinski definition) is 0. The molecule has 0 unspecified atom stereocenters. The van der Waals surface area contributed by atoms with E-state index in [9.17, 15) is 0 Å². The van der Waals surface area contributed by atoms with Crippen LogP contribution in [0.1, 0.15) is 30.9 Å². The Labute approximate surface area is 85.4 Å². The summed E-state index contributed by atoms with van der Waals surface area (Å²) in [5, 5.41) is 0. The maximum Gasteiger partial charge on any atom is 0.0712 e. The Bertz CT molecular complexity index is 351. The molecule has 0 bridgehead atoms. The third kappa shape index (κ3) is 2.08. The highest BCUT2D eigenvalue weighted by molar-refractivity contribution is 5.89. The summed E-state index contributed by atoms with van der Waals surface area (Å²) in [6, 6.07) is 6.07. The first-order valence-electron chi connectivity index (χ1n) is 4.72. The zero-order valence-electron chi connectivity index (χ0n) is 8.99.